The van der Waals surface area contributed by atoms with Gasteiger partial charge in [0, 0.05) is 19.0 Å². The van der Waals surface area contributed by atoms with E-state index in [0.717, 1.165) is 5.56 Å². The molecule has 2 N–H and O–H groups in total. The quantitative estimate of drug-likeness (QED) is 0.754. The van der Waals surface area contributed by atoms with Gasteiger partial charge in [0.25, 0.3) is 0 Å². The predicted molar refractivity (Wildman–Crippen MR) is 84.3 cm³/mol. The van der Waals surface area contributed by atoms with E-state index in [1.807, 2.05) is 6.92 Å². The first-order valence-corrected chi connectivity index (χ1v) is 6.96. The molecule has 132 valence electrons. The lowest BCUT2D eigenvalue weighted by Gasteiger charge is -2.12. The molecule has 0 saturated heterocycles. The summed E-state index contributed by atoms with van der Waals surface area (Å²) in [5.41, 5.74) is 1.53. The van der Waals surface area contributed by atoms with Gasteiger partial charge in [0.2, 0.25) is 5.91 Å². The topological polar surface area (TPSA) is 50.4 Å². The van der Waals surface area contributed by atoms with Gasteiger partial charge in [-0.1, -0.05) is 31.2 Å². The maximum Gasteiger partial charge on any atom is 0.411 e. The number of amides is 1. The number of hydrogen-bond acceptors (Lipinski definition) is 3. The number of alkyl halides is 3. The van der Waals surface area contributed by atoms with Gasteiger partial charge >= 0.3 is 6.18 Å². The zero-order valence-corrected chi connectivity index (χ0v) is 13.9. The number of carbonyl (C=O) groups excluding carboxylic acids is 1. The van der Waals surface area contributed by atoms with Crippen LogP contribution in [-0.2, 0) is 22.7 Å². The Labute approximate surface area is 140 Å². The molecule has 0 bridgehead atoms. The monoisotopic (exact) mass is 354 g/mol. The van der Waals surface area contributed by atoms with Gasteiger partial charge in [-0.15, -0.1) is 12.4 Å². The number of hydrogen-bond donors (Lipinski definition) is 2. The van der Waals surface area contributed by atoms with Crippen LogP contribution in [0.2, 0.25) is 0 Å². The van der Waals surface area contributed by atoms with E-state index in [2.05, 4.69) is 15.4 Å². The molecule has 8 heteroatoms. The molecule has 0 radical (unpaired) electrons. The van der Waals surface area contributed by atoms with Gasteiger partial charge in [0.1, 0.15) is 6.61 Å². The Morgan fingerprint density at radius 2 is 1.78 bits per heavy atom. The molecule has 1 atom stereocenters. The van der Waals surface area contributed by atoms with Crippen molar-refractivity contribution in [2.24, 2.45) is 5.92 Å². The third-order valence-electron chi connectivity index (χ3n) is 2.98. The molecular weight excluding hydrogens is 333 g/mol. The predicted octanol–water partition coefficient (Wildman–Crippen LogP) is 2.66. The summed E-state index contributed by atoms with van der Waals surface area (Å²) in [5.74, 6) is -0.174. The van der Waals surface area contributed by atoms with Gasteiger partial charge in [-0.3, -0.25) is 4.79 Å². The van der Waals surface area contributed by atoms with E-state index in [-0.39, 0.29) is 30.8 Å². The number of benzene rings is 1. The molecule has 0 heterocycles. The minimum atomic E-state index is -4.31. The van der Waals surface area contributed by atoms with Crippen LogP contribution in [0.3, 0.4) is 0 Å². The molecule has 1 aromatic rings. The van der Waals surface area contributed by atoms with E-state index < -0.39 is 12.8 Å². The molecule has 23 heavy (non-hydrogen) atoms. The van der Waals surface area contributed by atoms with Crippen LogP contribution < -0.4 is 10.6 Å². The zero-order chi connectivity index (χ0) is 16.6. The van der Waals surface area contributed by atoms with Gasteiger partial charge < -0.3 is 15.4 Å². The highest BCUT2D eigenvalue weighted by molar-refractivity contribution is 5.85. The van der Waals surface area contributed by atoms with Crippen LogP contribution in [0.25, 0.3) is 0 Å². The summed E-state index contributed by atoms with van der Waals surface area (Å²) in [7, 11) is 1.78. The average molecular weight is 355 g/mol. The van der Waals surface area contributed by atoms with Gasteiger partial charge in [0.05, 0.1) is 6.61 Å². The Hall–Kier alpha value is -1.31. The molecule has 1 unspecified atom stereocenters. The van der Waals surface area contributed by atoms with Crippen LogP contribution in [0.5, 0.6) is 0 Å². The first-order chi connectivity index (χ1) is 10.3. The highest BCUT2D eigenvalue weighted by Gasteiger charge is 2.27. The second-order valence-electron chi connectivity index (χ2n) is 5.10. The standard InChI is InChI=1S/C15H21F3N2O2.ClH/c1-11(7-19-2)14(21)20-8-12-3-5-13(6-4-12)9-22-10-15(16,17)18;/h3-6,11,19H,7-10H2,1-2H3,(H,20,21);1H. The van der Waals surface area contributed by atoms with Crippen molar-refractivity contribution in [2.75, 3.05) is 20.2 Å². The van der Waals surface area contributed by atoms with Crippen molar-refractivity contribution in [3.8, 4) is 0 Å². The fourth-order valence-corrected chi connectivity index (χ4v) is 1.80. The van der Waals surface area contributed by atoms with E-state index in [1.54, 1.807) is 31.3 Å². The molecule has 1 amide bonds. The molecule has 1 aromatic carbocycles. The third kappa shape index (κ3) is 9.43. The zero-order valence-electron chi connectivity index (χ0n) is 13.1. The Bertz CT molecular complexity index is 467. The highest BCUT2D eigenvalue weighted by Crippen LogP contribution is 2.15. The smallest absolute Gasteiger partial charge is 0.367 e. The Balaban J connectivity index is 0.00000484. The van der Waals surface area contributed by atoms with E-state index in [9.17, 15) is 18.0 Å². The molecule has 0 saturated carbocycles. The van der Waals surface area contributed by atoms with E-state index in [4.69, 9.17) is 0 Å². The van der Waals surface area contributed by atoms with Gasteiger partial charge in [0.15, 0.2) is 0 Å². The maximum absolute atomic E-state index is 11.9. The molecular formula is C15H22ClF3N2O2. The fourth-order valence-electron chi connectivity index (χ4n) is 1.80. The lowest BCUT2D eigenvalue weighted by molar-refractivity contribution is -0.176. The molecule has 0 aliphatic heterocycles. The van der Waals surface area contributed by atoms with Crippen molar-refractivity contribution in [3.63, 3.8) is 0 Å². The molecule has 4 nitrogen and oxygen atoms in total. The summed E-state index contributed by atoms with van der Waals surface area (Å²) in [6.45, 7) is 1.46. The molecule has 0 spiro atoms. The number of nitrogens with one attached hydrogen (secondary N) is 2. The second kappa shape index (κ2) is 10.5. The van der Waals surface area contributed by atoms with Crippen molar-refractivity contribution in [3.05, 3.63) is 35.4 Å². The molecule has 0 fully saturated rings. The van der Waals surface area contributed by atoms with Crippen molar-refractivity contribution >= 4 is 18.3 Å². The van der Waals surface area contributed by atoms with Crippen molar-refractivity contribution < 1.29 is 22.7 Å². The minimum absolute atomic E-state index is 0. The van der Waals surface area contributed by atoms with E-state index in [0.29, 0.717) is 18.7 Å². The minimum Gasteiger partial charge on any atom is -0.367 e. The maximum atomic E-state index is 11.9. The molecule has 0 aromatic heterocycles. The molecule has 0 aliphatic carbocycles. The summed E-state index contributed by atoms with van der Waals surface area (Å²) in [6, 6.07) is 6.90. The normalized spacial score (nSPS) is 12.4. The summed E-state index contributed by atoms with van der Waals surface area (Å²) < 4.78 is 40.4. The van der Waals surface area contributed by atoms with E-state index >= 15 is 0 Å². The van der Waals surface area contributed by atoms with Gasteiger partial charge in [-0.05, 0) is 18.2 Å². The van der Waals surface area contributed by atoms with Crippen LogP contribution >= 0.6 is 12.4 Å². The van der Waals surface area contributed by atoms with Crippen LogP contribution in [0.15, 0.2) is 24.3 Å². The van der Waals surface area contributed by atoms with Crippen molar-refractivity contribution in [1.29, 1.82) is 0 Å². The third-order valence-corrected chi connectivity index (χ3v) is 2.98. The summed E-state index contributed by atoms with van der Waals surface area (Å²) in [6.07, 6.45) is -4.31. The first-order valence-electron chi connectivity index (χ1n) is 6.96. The highest BCUT2D eigenvalue weighted by atomic mass is 35.5. The second-order valence-corrected chi connectivity index (χ2v) is 5.10. The van der Waals surface area contributed by atoms with Gasteiger partial charge in [-0.2, -0.15) is 13.2 Å². The van der Waals surface area contributed by atoms with Crippen LogP contribution in [0.1, 0.15) is 18.1 Å². The lowest BCUT2D eigenvalue weighted by atomic mass is 10.1. The van der Waals surface area contributed by atoms with Crippen molar-refractivity contribution in [2.45, 2.75) is 26.3 Å². The van der Waals surface area contributed by atoms with Gasteiger partial charge in [-0.25, -0.2) is 0 Å². The Kier molecular flexibility index (Phi) is 9.87. The fraction of sp³-hybridized carbons (Fsp3) is 0.533. The number of ether oxygens (including phenoxy) is 1. The summed E-state index contributed by atoms with van der Waals surface area (Å²) in [4.78, 5) is 11.7. The number of halogens is 4. The molecule has 1 rings (SSSR count). The number of carbonyl (C=O) groups is 1. The average Bonchev–Trinajstić information content (AvgIpc) is 2.45. The largest absolute Gasteiger partial charge is 0.411 e. The first kappa shape index (κ1) is 21.7. The SMILES string of the molecule is CNCC(C)C(=O)NCc1ccc(COCC(F)(F)F)cc1.Cl. The summed E-state index contributed by atoms with van der Waals surface area (Å²) >= 11 is 0. The van der Waals surface area contributed by atoms with E-state index in [1.165, 1.54) is 0 Å². The lowest BCUT2D eigenvalue weighted by Crippen LogP contribution is -2.33. The molecule has 0 aliphatic rings. The Morgan fingerprint density at radius 1 is 1.22 bits per heavy atom. The van der Waals surface area contributed by atoms with Crippen LogP contribution in [-0.4, -0.2) is 32.3 Å². The number of rotatable bonds is 8. The summed E-state index contributed by atoms with van der Waals surface area (Å²) in [5, 5.41) is 5.74. The van der Waals surface area contributed by atoms with Crippen LogP contribution in [0, 0.1) is 5.92 Å². The van der Waals surface area contributed by atoms with Crippen molar-refractivity contribution in [1.82, 2.24) is 10.6 Å². The van der Waals surface area contributed by atoms with Crippen LogP contribution in [0.4, 0.5) is 13.2 Å². The Morgan fingerprint density at radius 3 is 2.30 bits per heavy atom.